The van der Waals surface area contributed by atoms with Gasteiger partial charge in [-0.05, 0) is 30.6 Å². The molecule has 0 amide bonds. The summed E-state index contributed by atoms with van der Waals surface area (Å²) in [5.41, 5.74) is 0.189. The zero-order chi connectivity index (χ0) is 13.8. The van der Waals surface area contributed by atoms with Crippen LogP contribution >= 0.6 is 0 Å². The molecule has 1 aliphatic rings. The third-order valence-corrected chi connectivity index (χ3v) is 3.96. The quantitative estimate of drug-likeness (QED) is 0.795. The van der Waals surface area contributed by atoms with E-state index in [-0.39, 0.29) is 12.0 Å². The highest BCUT2D eigenvalue weighted by Crippen LogP contribution is 2.26. The van der Waals surface area contributed by atoms with Gasteiger partial charge >= 0.3 is 0 Å². The fourth-order valence-electron chi connectivity index (χ4n) is 2.62. The summed E-state index contributed by atoms with van der Waals surface area (Å²) >= 11 is 0. The second kappa shape index (κ2) is 6.88. The molecular formula is C15H31NO2. The first-order valence-corrected chi connectivity index (χ1v) is 7.33. The van der Waals surface area contributed by atoms with E-state index in [0.717, 1.165) is 25.9 Å². The summed E-state index contributed by atoms with van der Waals surface area (Å²) in [6.07, 6.45) is 3.38. The first-order chi connectivity index (χ1) is 8.34. The van der Waals surface area contributed by atoms with Crippen LogP contribution < -0.4 is 5.32 Å². The van der Waals surface area contributed by atoms with Gasteiger partial charge in [0, 0.05) is 25.3 Å². The van der Waals surface area contributed by atoms with Gasteiger partial charge < -0.3 is 15.2 Å². The molecule has 1 heterocycles. The molecule has 1 saturated heterocycles. The predicted molar refractivity (Wildman–Crippen MR) is 75.7 cm³/mol. The number of ether oxygens (including phenoxy) is 1. The molecule has 1 fully saturated rings. The summed E-state index contributed by atoms with van der Waals surface area (Å²) < 4.78 is 5.81. The van der Waals surface area contributed by atoms with E-state index in [2.05, 4.69) is 39.9 Å². The van der Waals surface area contributed by atoms with Gasteiger partial charge in [0.15, 0.2) is 0 Å². The molecule has 0 aromatic heterocycles. The lowest BCUT2D eigenvalue weighted by molar-refractivity contribution is -0.0287. The highest BCUT2D eigenvalue weighted by molar-refractivity contribution is 4.86. The minimum Gasteiger partial charge on any atom is -0.396 e. The molecule has 3 nitrogen and oxygen atoms in total. The van der Waals surface area contributed by atoms with E-state index in [1.165, 1.54) is 0 Å². The number of hydrogen-bond acceptors (Lipinski definition) is 3. The highest BCUT2D eigenvalue weighted by atomic mass is 16.5. The lowest BCUT2D eigenvalue weighted by atomic mass is 9.83. The molecule has 108 valence electrons. The predicted octanol–water partition coefficient (Wildman–Crippen LogP) is 2.58. The van der Waals surface area contributed by atoms with Crippen LogP contribution in [0.3, 0.4) is 0 Å². The standard InChI is InChI=1S/C15H31NO2/c1-11(2)13-10-12(7-9-18-13)16-14(6-8-17)15(3,4)5/h11-14,16-17H,6-10H2,1-5H3. The Hall–Kier alpha value is -0.120. The van der Waals surface area contributed by atoms with E-state index in [4.69, 9.17) is 4.74 Å². The third-order valence-electron chi connectivity index (χ3n) is 3.96. The Bertz CT molecular complexity index is 235. The Labute approximate surface area is 112 Å². The Kier molecular flexibility index (Phi) is 6.09. The number of aliphatic hydroxyl groups excluding tert-OH is 1. The summed E-state index contributed by atoms with van der Waals surface area (Å²) in [6.45, 7) is 12.3. The van der Waals surface area contributed by atoms with Crippen molar-refractivity contribution < 1.29 is 9.84 Å². The SMILES string of the molecule is CC(C)C1CC(NC(CCO)C(C)(C)C)CCO1. The molecule has 0 bridgehead atoms. The van der Waals surface area contributed by atoms with Gasteiger partial charge in [-0.25, -0.2) is 0 Å². The van der Waals surface area contributed by atoms with Crippen molar-refractivity contribution in [3.8, 4) is 0 Å². The van der Waals surface area contributed by atoms with Crippen LogP contribution in [0.2, 0.25) is 0 Å². The Morgan fingerprint density at radius 2 is 2.00 bits per heavy atom. The average molecular weight is 257 g/mol. The van der Waals surface area contributed by atoms with Crippen LogP contribution in [-0.2, 0) is 4.74 Å². The summed E-state index contributed by atoms with van der Waals surface area (Å²) in [7, 11) is 0. The molecule has 1 aliphatic heterocycles. The van der Waals surface area contributed by atoms with E-state index in [1.54, 1.807) is 0 Å². The van der Waals surface area contributed by atoms with Gasteiger partial charge in [0.05, 0.1) is 6.10 Å². The van der Waals surface area contributed by atoms with Gasteiger partial charge in [-0.3, -0.25) is 0 Å². The average Bonchev–Trinajstić information content (AvgIpc) is 2.27. The molecule has 0 spiro atoms. The molecule has 0 aliphatic carbocycles. The van der Waals surface area contributed by atoms with Crippen LogP contribution in [-0.4, -0.2) is 36.5 Å². The normalized spacial score (nSPS) is 27.5. The van der Waals surface area contributed by atoms with Gasteiger partial charge in [-0.2, -0.15) is 0 Å². The second-order valence-corrected chi connectivity index (χ2v) is 6.97. The zero-order valence-electron chi connectivity index (χ0n) is 12.7. The van der Waals surface area contributed by atoms with E-state index in [9.17, 15) is 5.11 Å². The summed E-state index contributed by atoms with van der Waals surface area (Å²) in [6, 6.07) is 0.903. The van der Waals surface area contributed by atoms with Gasteiger partial charge in [-0.1, -0.05) is 34.6 Å². The largest absolute Gasteiger partial charge is 0.396 e. The molecule has 2 N–H and O–H groups in total. The van der Waals surface area contributed by atoms with Crippen molar-refractivity contribution in [3.05, 3.63) is 0 Å². The second-order valence-electron chi connectivity index (χ2n) is 6.97. The van der Waals surface area contributed by atoms with Gasteiger partial charge in [0.1, 0.15) is 0 Å². The molecule has 0 radical (unpaired) electrons. The van der Waals surface area contributed by atoms with Gasteiger partial charge in [0.25, 0.3) is 0 Å². The molecule has 0 saturated carbocycles. The van der Waals surface area contributed by atoms with Crippen LogP contribution in [0.1, 0.15) is 53.9 Å². The summed E-state index contributed by atoms with van der Waals surface area (Å²) in [4.78, 5) is 0. The third kappa shape index (κ3) is 4.87. The summed E-state index contributed by atoms with van der Waals surface area (Å²) in [5.74, 6) is 0.584. The fraction of sp³-hybridized carbons (Fsp3) is 1.00. The van der Waals surface area contributed by atoms with Crippen molar-refractivity contribution in [2.24, 2.45) is 11.3 Å². The van der Waals surface area contributed by atoms with Gasteiger partial charge in [0.2, 0.25) is 0 Å². The smallest absolute Gasteiger partial charge is 0.0612 e. The van der Waals surface area contributed by atoms with E-state index >= 15 is 0 Å². The first kappa shape index (κ1) is 15.9. The molecular weight excluding hydrogens is 226 g/mol. The molecule has 3 atom stereocenters. The molecule has 18 heavy (non-hydrogen) atoms. The number of hydrogen-bond donors (Lipinski definition) is 2. The van der Waals surface area contributed by atoms with E-state index in [1.807, 2.05) is 0 Å². The fourth-order valence-corrected chi connectivity index (χ4v) is 2.62. The number of aliphatic hydroxyl groups is 1. The molecule has 3 unspecified atom stereocenters. The molecule has 3 heteroatoms. The minimum atomic E-state index is 0.189. The van der Waals surface area contributed by atoms with Crippen molar-refractivity contribution in [2.45, 2.75) is 72.1 Å². The Morgan fingerprint density at radius 1 is 1.33 bits per heavy atom. The van der Waals surface area contributed by atoms with E-state index < -0.39 is 0 Å². The minimum absolute atomic E-state index is 0.189. The first-order valence-electron chi connectivity index (χ1n) is 7.33. The van der Waals surface area contributed by atoms with Crippen molar-refractivity contribution >= 4 is 0 Å². The van der Waals surface area contributed by atoms with Crippen LogP contribution in [0.15, 0.2) is 0 Å². The Morgan fingerprint density at radius 3 is 2.50 bits per heavy atom. The lowest BCUT2D eigenvalue weighted by Crippen LogP contribution is -2.50. The topological polar surface area (TPSA) is 41.5 Å². The van der Waals surface area contributed by atoms with Gasteiger partial charge in [-0.15, -0.1) is 0 Å². The lowest BCUT2D eigenvalue weighted by Gasteiger charge is -2.39. The van der Waals surface area contributed by atoms with Crippen LogP contribution in [0.5, 0.6) is 0 Å². The highest BCUT2D eigenvalue weighted by Gasteiger charge is 2.30. The van der Waals surface area contributed by atoms with Crippen LogP contribution in [0, 0.1) is 11.3 Å². The zero-order valence-corrected chi connectivity index (χ0v) is 12.7. The maximum Gasteiger partial charge on any atom is 0.0612 e. The molecule has 0 aromatic rings. The van der Waals surface area contributed by atoms with Crippen LogP contribution in [0.4, 0.5) is 0 Å². The maximum absolute atomic E-state index is 9.21. The van der Waals surface area contributed by atoms with Crippen molar-refractivity contribution in [1.29, 1.82) is 0 Å². The van der Waals surface area contributed by atoms with Crippen molar-refractivity contribution in [1.82, 2.24) is 5.32 Å². The maximum atomic E-state index is 9.21. The molecule has 0 aromatic carbocycles. The number of rotatable bonds is 5. The number of nitrogens with one attached hydrogen (secondary N) is 1. The monoisotopic (exact) mass is 257 g/mol. The van der Waals surface area contributed by atoms with E-state index in [0.29, 0.717) is 24.1 Å². The van der Waals surface area contributed by atoms with Crippen molar-refractivity contribution in [2.75, 3.05) is 13.2 Å². The van der Waals surface area contributed by atoms with Crippen LogP contribution in [0.25, 0.3) is 0 Å². The Balaban J connectivity index is 2.53. The summed E-state index contributed by atoms with van der Waals surface area (Å²) in [5, 5.41) is 12.9. The molecule has 1 rings (SSSR count). The van der Waals surface area contributed by atoms with Crippen molar-refractivity contribution in [3.63, 3.8) is 0 Å².